The highest BCUT2D eigenvalue weighted by molar-refractivity contribution is 5.97. The minimum atomic E-state index is -0.197. The fourth-order valence-electron chi connectivity index (χ4n) is 5.76. The molecule has 8 heteroatoms. The molecule has 202 valence electrons. The Labute approximate surface area is 230 Å². The van der Waals surface area contributed by atoms with E-state index in [2.05, 4.69) is 39.2 Å². The number of aliphatic hydroxyl groups is 1. The molecule has 3 aromatic rings. The zero-order chi connectivity index (χ0) is 27.4. The number of nitrogens with zero attached hydrogens (tertiary/aromatic N) is 5. The molecule has 1 aromatic heterocycles. The van der Waals surface area contributed by atoms with E-state index in [4.69, 9.17) is 0 Å². The summed E-state index contributed by atoms with van der Waals surface area (Å²) in [5.74, 6) is 0.821. The molecule has 1 atom stereocenters. The lowest BCUT2D eigenvalue weighted by Crippen LogP contribution is -2.56. The molecule has 0 unspecified atom stereocenters. The van der Waals surface area contributed by atoms with E-state index >= 15 is 0 Å². The van der Waals surface area contributed by atoms with Crippen molar-refractivity contribution in [1.82, 2.24) is 9.88 Å². The average molecular weight is 525 g/mol. The van der Waals surface area contributed by atoms with Gasteiger partial charge in [0.15, 0.2) is 0 Å². The number of piperidine rings is 1. The fraction of sp³-hybridized carbons (Fsp3) is 0.387. The molecule has 0 aliphatic carbocycles. The first kappa shape index (κ1) is 26.5. The Kier molecular flexibility index (Phi) is 7.99. The van der Waals surface area contributed by atoms with Crippen LogP contribution in [0.4, 0.5) is 17.2 Å². The zero-order valence-electron chi connectivity index (χ0n) is 22.7. The van der Waals surface area contributed by atoms with Gasteiger partial charge in [0, 0.05) is 56.2 Å². The first-order chi connectivity index (χ1) is 19.0. The molecule has 0 radical (unpaired) electrons. The van der Waals surface area contributed by atoms with Crippen LogP contribution in [-0.4, -0.2) is 72.3 Å². The number of benzene rings is 2. The monoisotopic (exact) mass is 524 g/mol. The van der Waals surface area contributed by atoms with Crippen LogP contribution in [0.5, 0.6) is 0 Å². The van der Waals surface area contributed by atoms with E-state index in [1.807, 2.05) is 60.4 Å². The largest absolute Gasteiger partial charge is 0.394 e. The van der Waals surface area contributed by atoms with Crippen LogP contribution < -0.4 is 15.1 Å². The first-order valence-electron chi connectivity index (χ1n) is 13.7. The van der Waals surface area contributed by atoms with Gasteiger partial charge in [0.1, 0.15) is 11.9 Å². The van der Waals surface area contributed by atoms with E-state index in [9.17, 15) is 15.2 Å². The highest BCUT2D eigenvalue weighted by atomic mass is 16.3. The van der Waals surface area contributed by atoms with E-state index in [0.29, 0.717) is 36.8 Å². The summed E-state index contributed by atoms with van der Waals surface area (Å²) >= 11 is 0. The Morgan fingerprint density at radius 2 is 1.82 bits per heavy atom. The van der Waals surface area contributed by atoms with Crippen LogP contribution >= 0.6 is 0 Å². The molecule has 2 fully saturated rings. The molecule has 39 heavy (non-hydrogen) atoms. The summed E-state index contributed by atoms with van der Waals surface area (Å²) in [7, 11) is 0. The first-order valence-corrected chi connectivity index (χ1v) is 13.7. The molecule has 8 nitrogen and oxygen atoms in total. The number of nitriles is 1. The van der Waals surface area contributed by atoms with Gasteiger partial charge in [-0.25, -0.2) is 4.98 Å². The molecular weight excluding hydrogens is 488 g/mol. The van der Waals surface area contributed by atoms with Crippen LogP contribution in [0.25, 0.3) is 0 Å². The van der Waals surface area contributed by atoms with Crippen molar-refractivity contribution in [2.24, 2.45) is 0 Å². The minimum Gasteiger partial charge on any atom is -0.394 e. The maximum Gasteiger partial charge on any atom is 0.254 e. The third-order valence-electron chi connectivity index (χ3n) is 7.95. The number of para-hydroxylation sites is 1. The number of hydrogen-bond acceptors (Lipinski definition) is 7. The summed E-state index contributed by atoms with van der Waals surface area (Å²) in [5, 5.41) is 23.3. The van der Waals surface area contributed by atoms with Crippen LogP contribution in [0.15, 0.2) is 60.8 Å². The van der Waals surface area contributed by atoms with E-state index in [-0.39, 0.29) is 18.6 Å². The van der Waals surface area contributed by atoms with Gasteiger partial charge in [-0.15, -0.1) is 0 Å². The molecular formula is C31H36N6O2. The lowest BCUT2D eigenvalue weighted by atomic mass is 9.99. The number of rotatable bonds is 6. The smallest absolute Gasteiger partial charge is 0.254 e. The molecule has 0 bridgehead atoms. The average Bonchev–Trinajstić information content (AvgIpc) is 2.98. The quantitative estimate of drug-likeness (QED) is 0.504. The predicted octanol–water partition coefficient (Wildman–Crippen LogP) is 3.97. The van der Waals surface area contributed by atoms with Crippen molar-refractivity contribution in [3.05, 3.63) is 83.0 Å². The number of anilines is 3. The number of carbonyl (C=O) groups is 1. The number of carbonyl (C=O) groups excluding carboxylic acids is 1. The molecule has 2 N–H and O–H groups in total. The number of nitrogens with one attached hydrogen (secondary N) is 1. The van der Waals surface area contributed by atoms with Crippen molar-refractivity contribution < 1.29 is 9.90 Å². The van der Waals surface area contributed by atoms with Gasteiger partial charge in [-0.3, -0.25) is 4.79 Å². The van der Waals surface area contributed by atoms with Crippen molar-refractivity contribution in [2.75, 3.05) is 54.4 Å². The summed E-state index contributed by atoms with van der Waals surface area (Å²) < 4.78 is 0. The normalized spacial score (nSPS) is 18.1. The SMILES string of the molecule is Cc1cc(C)c(C(=O)N2CCN(c3ccccn3)[C@H](CO)C2)cc1NC1CCN(c2ccccc2C#N)CC1. The molecule has 2 aromatic carbocycles. The second-order valence-electron chi connectivity index (χ2n) is 10.5. The molecule has 3 heterocycles. The molecule has 5 rings (SSSR count). The zero-order valence-corrected chi connectivity index (χ0v) is 22.7. The number of aliphatic hydroxyl groups excluding tert-OH is 1. The minimum absolute atomic E-state index is 0.00222. The summed E-state index contributed by atoms with van der Waals surface area (Å²) in [6.45, 7) is 7.41. The topological polar surface area (TPSA) is 95.7 Å². The summed E-state index contributed by atoms with van der Waals surface area (Å²) in [6.07, 6.45) is 3.65. The number of pyridine rings is 1. The van der Waals surface area contributed by atoms with Crippen LogP contribution in [0.3, 0.4) is 0 Å². The highest BCUT2D eigenvalue weighted by Gasteiger charge is 2.31. The van der Waals surface area contributed by atoms with E-state index < -0.39 is 0 Å². The second kappa shape index (κ2) is 11.7. The highest BCUT2D eigenvalue weighted by Crippen LogP contribution is 2.28. The lowest BCUT2D eigenvalue weighted by Gasteiger charge is -2.41. The van der Waals surface area contributed by atoms with Gasteiger partial charge in [-0.05, 0) is 68.1 Å². The van der Waals surface area contributed by atoms with Gasteiger partial charge < -0.3 is 25.1 Å². The van der Waals surface area contributed by atoms with Crippen molar-refractivity contribution in [2.45, 2.75) is 38.8 Å². The van der Waals surface area contributed by atoms with Gasteiger partial charge in [0.05, 0.1) is 23.9 Å². The van der Waals surface area contributed by atoms with E-state index in [1.54, 1.807) is 6.20 Å². The van der Waals surface area contributed by atoms with Crippen molar-refractivity contribution >= 4 is 23.1 Å². The Bertz CT molecular complexity index is 1350. The molecule has 0 spiro atoms. The number of amides is 1. The number of piperazine rings is 1. The third-order valence-corrected chi connectivity index (χ3v) is 7.95. The maximum absolute atomic E-state index is 13.7. The summed E-state index contributed by atoms with van der Waals surface area (Å²) in [5.41, 5.74) is 5.48. The van der Waals surface area contributed by atoms with Gasteiger partial charge >= 0.3 is 0 Å². The Morgan fingerprint density at radius 3 is 2.54 bits per heavy atom. The summed E-state index contributed by atoms with van der Waals surface area (Å²) in [6, 6.07) is 20.0. The molecule has 0 saturated carbocycles. The number of hydrogen-bond donors (Lipinski definition) is 2. The van der Waals surface area contributed by atoms with Crippen LogP contribution in [0.1, 0.15) is 39.9 Å². The maximum atomic E-state index is 13.7. The van der Waals surface area contributed by atoms with E-state index in [0.717, 1.165) is 54.3 Å². The molecule has 2 saturated heterocycles. The third kappa shape index (κ3) is 5.69. The van der Waals surface area contributed by atoms with Gasteiger partial charge in [0.2, 0.25) is 0 Å². The van der Waals surface area contributed by atoms with Crippen LogP contribution in [0, 0.1) is 25.2 Å². The second-order valence-corrected chi connectivity index (χ2v) is 10.5. The van der Waals surface area contributed by atoms with Gasteiger partial charge in [-0.1, -0.05) is 24.3 Å². The summed E-state index contributed by atoms with van der Waals surface area (Å²) in [4.78, 5) is 24.4. The van der Waals surface area contributed by atoms with E-state index in [1.165, 1.54) is 0 Å². The van der Waals surface area contributed by atoms with Crippen LogP contribution in [0.2, 0.25) is 0 Å². The molecule has 2 aliphatic heterocycles. The number of aromatic nitrogens is 1. The Balaban J connectivity index is 1.26. The standard InChI is InChI=1S/C31H36N6O2/c1-22-17-23(2)28(34-25-10-13-35(14-11-25)29-8-4-3-7-24(29)19-32)18-27(22)31(39)36-15-16-37(26(20-36)21-38)30-9-5-6-12-33-30/h3-9,12,17-18,25-26,34,38H,10-11,13-16,20-21H2,1-2H3/t26-/m0/s1. The van der Waals surface area contributed by atoms with Crippen molar-refractivity contribution in [3.8, 4) is 6.07 Å². The molecule has 1 amide bonds. The Hall–Kier alpha value is -4.09. The Morgan fingerprint density at radius 1 is 1.05 bits per heavy atom. The number of aryl methyl sites for hydroxylation is 2. The predicted molar refractivity (Wildman–Crippen MR) is 154 cm³/mol. The van der Waals surface area contributed by atoms with Gasteiger partial charge in [0.25, 0.3) is 5.91 Å². The molecule has 2 aliphatic rings. The fourth-order valence-corrected chi connectivity index (χ4v) is 5.76. The van der Waals surface area contributed by atoms with Crippen molar-refractivity contribution in [1.29, 1.82) is 5.26 Å². The van der Waals surface area contributed by atoms with Crippen molar-refractivity contribution in [3.63, 3.8) is 0 Å². The van der Waals surface area contributed by atoms with Crippen LogP contribution in [-0.2, 0) is 0 Å². The lowest BCUT2D eigenvalue weighted by molar-refractivity contribution is 0.0698. The van der Waals surface area contributed by atoms with Gasteiger partial charge in [-0.2, -0.15) is 5.26 Å².